The molecule has 0 saturated heterocycles. The van der Waals surface area contributed by atoms with Crippen LogP contribution in [0.2, 0.25) is 0 Å². The Hall–Kier alpha value is -1.56. The van der Waals surface area contributed by atoms with Crippen LogP contribution in [0.1, 0.15) is 24.2 Å². The number of hydrogen-bond donors (Lipinski definition) is 0. The van der Waals surface area contributed by atoms with Gasteiger partial charge in [0.2, 0.25) is 0 Å². The molecule has 0 saturated carbocycles. The fraction of sp³-hybridized carbons (Fsp3) is 0.300. The van der Waals surface area contributed by atoms with Gasteiger partial charge in [0.05, 0.1) is 16.5 Å². The minimum absolute atomic E-state index is 0.274. The van der Waals surface area contributed by atoms with E-state index in [0.29, 0.717) is 4.90 Å². The van der Waals surface area contributed by atoms with Gasteiger partial charge in [-0.1, -0.05) is 13.8 Å². The lowest BCUT2D eigenvalue weighted by Gasteiger charge is -2.08. The SMILES string of the molecule is CC(C)Sc1ccc([N+](=O)[O-])c(C(=O)[O-])c1. The van der Waals surface area contributed by atoms with E-state index in [2.05, 4.69) is 0 Å². The molecule has 0 aromatic heterocycles. The summed E-state index contributed by atoms with van der Waals surface area (Å²) in [7, 11) is 0. The fourth-order valence-corrected chi connectivity index (χ4v) is 2.06. The van der Waals surface area contributed by atoms with Gasteiger partial charge in [0.15, 0.2) is 0 Å². The predicted molar refractivity (Wildman–Crippen MR) is 58.4 cm³/mol. The Morgan fingerprint density at radius 3 is 2.50 bits per heavy atom. The molecule has 0 spiro atoms. The summed E-state index contributed by atoms with van der Waals surface area (Å²) < 4.78 is 0. The van der Waals surface area contributed by atoms with Crippen LogP contribution < -0.4 is 5.11 Å². The number of benzene rings is 1. The number of rotatable bonds is 4. The third-order valence-corrected chi connectivity index (χ3v) is 2.75. The Labute approximate surface area is 96.6 Å². The van der Waals surface area contributed by atoms with Gasteiger partial charge in [-0.2, -0.15) is 0 Å². The first-order chi connectivity index (χ1) is 7.41. The second-order valence-electron chi connectivity index (χ2n) is 3.39. The van der Waals surface area contributed by atoms with Crippen molar-refractivity contribution in [2.45, 2.75) is 24.0 Å². The van der Waals surface area contributed by atoms with Crippen LogP contribution in [0.15, 0.2) is 23.1 Å². The van der Waals surface area contributed by atoms with Crippen LogP contribution in [0.4, 0.5) is 5.69 Å². The van der Waals surface area contributed by atoms with E-state index in [1.54, 1.807) is 0 Å². The van der Waals surface area contributed by atoms with Crippen molar-refractivity contribution in [2.75, 3.05) is 0 Å². The van der Waals surface area contributed by atoms with Crippen molar-refractivity contribution in [3.05, 3.63) is 33.9 Å². The molecule has 1 aromatic rings. The second kappa shape index (κ2) is 4.98. The van der Waals surface area contributed by atoms with Crippen molar-refractivity contribution in [1.82, 2.24) is 0 Å². The summed E-state index contributed by atoms with van der Waals surface area (Å²) in [6.45, 7) is 3.90. The Balaban J connectivity index is 3.17. The molecule has 86 valence electrons. The molecule has 5 nitrogen and oxygen atoms in total. The van der Waals surface area contributed by atoms with Gasteiger partial charge in [-0.3, -0.25) is 10.1 Å². The van der Waals surface area contributed by atoms with Gasteiger partial charge in [0.25, 0.3) is 5.69 Å². The Morgan fingerprint density at radius 1 is 1.44 bits per heavy atom. The zero-order chi connectivity index (χ0) is 12.3. The minimum atomic E-state index is -1.53. The summed E-state index contributed by atoms with van der Waals surface area (Å²) in [5.41, 5.74) is -0.816. The van der Waals surface area contributed by atoms with Crippen LogP contribution in [0.5, 0.6) is 0 Å². The summed E-state index contributed by atoms with van der Waals surface area (Å²) in [6, 6.07) is 4.00. The van der Waals surface area contributed by atoms with Gasteiger partial charge < -0.3 is 9.90 Å². The number of carbonyl (C=O) groups is 1. The summed E-state index contributed by atoms with van der Waals surface area (Å²) in [4.78, 5) is 21.3. The zero-order valence-corrected chi connectivity index (χ0v) is 9.61. The largest absolute Gasteiger partial charge is 0.545 e. The Morgan fingerprint density at radius 2 is 2.06 bits per heavy atom. The Kier molecular flexibility index (Phi) is 3.89. The van der Waals surface area contributed by atoms with E-state index < -0.39 is 16.6 Å². The first kappa shape index (κ1) is 12.5. The second-order valence-corrected chi connectivity index (χ2v) is 5.04. The van der Waals surface area contributed by atoms with Crippen molar-refractivity contribution < 1.29 is 14.8 Å². The maximum atomic E-state index is 10.7. The van der Waals surface area contributed by atoms with Crippen LogP contribution in [-0.2, 0) is 0 Å². The van der Waals surface area contributed by atoms with E-state index in [-0.39, 0.29) is 10.8 Å². The predicted octanol–water partition coefficient (Wildman–Crippen LogP) is 1.46. The van der Waals surface area contributed by atoms with E-state index in [1.165, 1.54) is 30.0 Å². The minimum Gasteiger partial charge on any atom is -0.545 e. The smallest absolute Gasteiger partial charge is 0.278 e. The first-order valence-corrected chi connectivity index (χ1v) is 5.46. The number of nitrogens with zero attached hydrogens (tertiary/aromatic N) is 1. The molecule has 0 aliphatic carbocycles. The molecule has 16 heavy (non-hydrogen) atoms. The molecule has 0 fully saturated rings. The number of nitro groups is 1. The number of carboxylic acids is 1. The van der Waals surface area contributed by atoms with Gasteiger partial charge in [-0.25, -0.2) is 0 Å². The number of nitro benzene ring substituents is 1. The maximum absolute atomic E-state index is 10.7. The molecule has 0 unspecified atom stereocenters. The van der Waals surface area contributed by atoms with E-state index in [0.717, 1.165) is 0 Å². The van der Waals surface area contributed by atoms with Crippen LogP contribution in [0.3, 0.4) is 0 Å². The number of carbonyl (C=O) groups excluding carboxylic acids is 1. The number of carboxylic acid groups (broad SMARTS) is 1. The fourth-order valence-electron chi connectivity index (χ4n) is 1.18. The molecule has 1 aromatic carbocycles. The maximum Gasteiger partial charge on any atom is 0.278 e. The highest BCUT2D eigenvalue weighted by molar-refractivity contribution is 7.99. The molecule has 0 aliphatic heterocycles. The van der Waals surface area contributed by atoms with Crippen LogP contribution in [-0.4, -0.2) is 16.1 Å². The quantitative estimate of drug-likeness (QED) is 0.452. The van der Waals surface area contributed by atoms with Crippen molar-refractivity contribution in [2.24, 2.45) is 0 Å². The van der Waals surface area contributed by atoms with E-state index >= 15 is 0 Å². The number of hydrogen-bond acceptors (Lipinski definition) is 5. The molecule has 0 heterocycles. The summed E-state index contributed by atoms with van der Waals surface area (Å²) in [6.07, 6.45) is 0. The van der Waals surface area contributed by atoms with E-state index in [1.807, 2.05) is 13.8 Å². The molecule has 6 heteroatoms. The average molecular weight is 240 g/mol. The molecule has 0 amide bonds. The number of thioether (sulfide) groups is 1. The van der Waals surface area contributed by atoms with Gasteiger partial charge in [0.1, 0.15) is 0 Å². The topological polar surface area (TPSA) is 83.3 Å². The monoisotopic (exact) mass is 240 g/mol. The van der Waals surface area contributed by atoms with Crippen molar-refractivity contribution in [3.8, 4) is 0 Å². The lowest BCUT2D eigenvalue weighted by atomic mass is 10.2. The highest BCUT2D eigenvalue weighted by atomic mass is 32.2. The third kappa shape index (κ3) is 2.96. The zero-order valence-electron chi connectivity index (χ0n) is 8.80. The van der Waals surface area contributed by atoms with Crippen molar-refractivity contribution in [3.63, 3.8) is 0 Å². The highest BCUT2D eigenvalue weighted by Gasteiger charge is 2.15. The molecule has 0 N–H and O–H groups in total. The summed E-state index contributed by atoms with van der Waals surface area (Å²) in [5.74, 6) is -1.53. The molecular formula is C10H10NO4S-. The molecule has 0 aliphatic rings. The van der Waals surface area contributed by atoms with Gasteiger partial charge in [-0.05, 0) is 12.1 Å². The standard InChI is InChI=1S/C10H11NO4S/c1-6(2)16-7-3-4-9(11(14)15)8(5-7)10(12)13/h3-6H,1-2H3,(H,12,13)/p-1. The number of aromatic carboxylic acids is 1. The van der Waals surface area contributed by atoms with Gasteiger partial charge >= 0.3 is 0 Å². The molecule has 0 bridgehead atoms. The molecule has 0 atom stereocenters. The van der Waals surface area contributed by atoms with Gasteiger partial charge in [0, 0.05) is 16.2 Å². The lowest BCUT2D eigenvalue weighted by Crippen LogP contribution is -2.23. The van der Waals surface area contributed by atoms with Crippen LogP contribution in [0, 0.1) is 10.1 Å². The average Bonchev–Trinajstić information content (AvgIpc) is 2.16. The lowest BCUT2D eigenvalue weighted by molar-refractivity contribution is -0.385. The highest BCUT2D eigenvalue weighted by Crippen LogP contribution is 2.28. The van der Waals surface area contributed by atoms with Crippen molar-refractivity contribution >= 4 is 23.4 Å². The third-order valence-electron chi connectivity index (χ3n) is 1.76. The summed E-state index contributed by atoms with van der Waals surface area (Å²) >= 11 is 1.44. The van der Waals surface area contributed by atoms with E-state index in [4.69, 9.17) is 0 Å². The first-order valence-electron chi connectivity index (χ1n) is 4.58. The van der Waals surface area contributed by atoms with Crippen molar-refractivity contribution in [1.29, 1.82) is 0 Å². The van der Waals surface area contributed by atoms with Crippen LogP contribution >= 0.6 is 11.8 Å². The molecule has 0 radical (unpaired) electrons. The van der Waals surface area contributed by atoms with Crippen LogP contribution in [0.25, 0.3) is 0 Å². The summed E-state index contributed by atoms with van der Waals surface area (Å²) in [5, 5.41) is 21.6. The normalized spacial score (nSPS) is 10.4. The Bertz CT molecular complexity index is 431. The van der Waals surface area contributed by atoms with E-state index in [9.17, 15) is 20.0 Å². The molecular weight excluding hydrogens is 230 g/mol. The van der Waals surface area contributed by atoms with Gasteiger partial charge in [-0.15, -0.1) is 11.8 Å². The molecule has 1 rings (SSSR count).